The topological polar surface area (TPSA) is 88.9 Å². The first-order chi connectivity index (χ1) is 21.3. The maximum absolute atomic E-state index is 14.2. The predicted molar refractivity (Wildman–Crippen MR) is 176 cm³/mol. The second-order valence-electron chi connectivity index (χ2n) is 13.8. The Hall–Kier alpha value is -3.43. The molecule has 2 bridgehead atoms. The van der Waals surface area contributed by atoms with Crippen LogP contribution in [-0.2, 0) is 39.2 Å². The molecular weight excluding hydrogens is 586 g/mol. The minimum absolute atomic E-state index is 0.0105. The molecule has 5 rings (SSSR count). The third-order valence-electron chi connectivity index (χ3n) is 10.2. The lowest BCUT2D eigenvalue weighted by Gasteiger charge is -2.38. The lowest BCUT2D eigenvalue weighted by Crippen LogP contribution is -2.50. The van der Waals surface area contributed by atoms with E-state index in [1.54, 1.807) is 12.0 Å². The van der Waals surface area contributed by atoms with Gasteiger partial charge in [0.15, 0.2) is 0 Å². The zero-order valence-electron chi connectivity index (χ0n) is 27.2. The minimum Gasteiger partial charge on any atom is -0.497 e. The van der Waals surface area contributed by atoms with Gasteiger partial charge in [-0.2, -0.15) is 4.31 Å². The number of benzene rings is 2. The van der Waals surface area contributed by atoms with Crippen LogP contribution in [0.25, 0.3) is 0 Å². The molecule has 0 aliphatic heterocycles. The van der Waals surface area contributed by atoms with Crippen LogP contribution in [0.15, 0.2) is 72.9 Å². The number of rotatable bonds is 14. The second kappa shape index (κ2) is 13.1. The van der Waals surface area contributed by atoms with Crippen molar-refractivity contribution >= 4 is 21.7 Å². The molecule has 2 aliphatic rings. The van der Waals surface area contributed by atoms with Gasteiger partial charge in [-0.3, -0.25) is 9.59 Å². The van der Waals surface area contributed by atoms with E-state index in [1.807, 2.05) is 101 Å². The van der Waals surface area contributed by atoms with Crippen molar-refractivity contribution in [3.8, 4) is 5.75 Å². The molecule has 2 unspecified atom stereocenters. The highest BCUT2D eigenvalue weighted by Gasteiger charge is 2.65. The van der Waals surface area contributed by atoms with Crippen molar-refractivity contribution in [2.24, 2.45) is 22.7 Å². The molecule has 9 heteroatoms. The summed E-state index contributed by atoms with van der Waals surface area (Å²) in [5.74, 6) is 0.571. The van der Waals surface area contributed by atoms with E-state index in [0.717, 1.165) is 29.0 Å². The predicted octanol–water partition coefficient (Wildman–Crippen LogP) is 5.76. The van der Waals surface area contributed by atoms with E-state index in [4.69, 9.17) is 4.74 Å². The summed E-state index contributed by atoms with van der Waals surface area (Å²) in [7, 11) is -2.27. The Bertz CT molecular complexity index is 1610. The van der Waals surface area contributed by atoms with Crippen molar-refractivity contribution < 1.29 is 22.7 Å². The smallest absolute Gasteiger partial charge is 0.238 e. The number of aromatic nitrogens is 1. The number of methoxy groups -OCH3 is 1. The Balaban J connectivity index is 1.40. The van der Waals surface area contributed by atoms with Crippen LogP contribution in [-0.4, -0.2) is 59.8 Å². The molecule has 1 amide bonds. The first kappa shape index (κ1) is 32.9. The number of nitrogens with zero attached hydrogens (tertiary/aromatic N) is 3. The van der Waals surface area contributed by atoms with E-state index in [1.165, 1.54) is 4.31 Å². The number of fused-ring (bicyclic) bond motifs is 2. The number of Topliss-reactive ketones (excluding diaryl/α,β-unsaturated/α-hetero) is 1. The third kappa shape index (κ3) is 6.89. The van der Waals surface area contributed by atoms with E-state index < -0.39 is 15.4 Å². The van der Waals surface area contributed by atoms with Gasteiger partial charge in [0, 0.05) is 43.4 Å². The standard InChI is InChI=1S/C36H47N3O5S/c1-27(2)21-39(45(42,43)26-36-17-16-30(20-33(36)40)35(36,3)4)25-34(41)38(22-28-11-7-6-8-12-28)24-31-14-10-18-37(31)23-29-13-9-15-32(19-29)44-5/h6-15,18-19,27,30H,16-17,20-26H2,1-5H3. The highest BCUT2D eigenvalue weighted by molar-refractivity contribution is 7.89. The fourth-order valence-corrected chi connectivity index (χ4v) is 9.71. The molecule has 0 radical (unpaired) electrons. The van der Waals surface area contributed by atoms with E-state index in [0.29, 0.717) is 32.5 Å². The van der Waals surface area contributed by atoms with Gasteiger partial charge in [0.1, 0.15) is 11.5 Å². The zero-order chi connectivity index (χ0) is 32.4. The number of amides is 1. The summed E-state index contributed by atoms with van der Waals surface area (Å²) in [5.41, 5.74) is 1.70. The Morgan fingerprint density at radius 1 is 1.02 bits per heavy atom. The second-order valence-corrected chi connectivity index (χ2v) is 15.8. The summed E-state index contributed by atoms with van der Waals surface area (Å²) < 4.78 is 37.2. The van der Waals surface area contributed by atoms with Crippen molar-refractivity contribution in [3.63, 3.8) is 0 Å². The number of hydrogen-bond acceptors (Lipinski definition) is 5. The van der Waals surface area contributed by atoms with Gasteiger partial charge >= 0.3 is 0 Å². The van der Waals surface area contributed by atoms with E-state index in [2.05, 4.69) is 4.57 Å². The molecule has 0 N–H and O–H groups in total. The van der Waals surface area contributed by atoms with Gasteiger partial charge in [-0.1, -0.05) is 70.2 Å². The van der Waals surface area contributed by atoms with Crippen LogP contribution in [0.1, 0.15) is 63.8 Å². The monoisotopic (exact) mass is 633 g/mol. The van der Waals surface area contributed by atoms with Crippen LogP contribution < -0.4 is 4.74 Å². The molecule has 2 aliphatic carbocycles. The van der Waals surface area contributed by atoms with Crippen molar-refractivity contribution in [2.75, 3.05) is 26.0 Å². The summed E-state index contributed by atoms with van der Waals surface area (Å²) >= 11 is 0. The van der Waals surface area contributed by atoms with Gasteiger partial charge in [0.2, 0.25) is 15.9 Å². The molecule has 45 heavy (non-hydrogen) atoms. The van der Waals surface area contributed by atoms with Crippen LogP contribution in [0, 0.1) is 22.7 Å². The van der Waals surface area contributed by atoms with Crippen LogP contribution in [0.4, 0.5) is 0 Å². The first-order valence-corrected chi connectivity index (χ1v) is 17.6. The van der Waals surface area contributed by atoms with Crippen molar-refractivity contribution in [3.05, 3.63) is 89.7 Å². The summed E-state index contributed by atoms with van der Waals surface area (Å²) in [6, 6.07) is 21.6. The van der Waals surface area contributed by atoms with Crippen molar-refractivity contribution in [1.29, 1.82) is 0 Å². The number of carbonyl (C=O) groups excluding carboxylic acids is 2. The molecule has 2 aromatic carbocycles. The van der Waals surface area contributed by atoms with Crippen molar-refractivity contribution in [1.82, 2.24) is 13.8 Å². The highest BCUT2D eigenvalue weighted by Crippen LogP contribution is 2.64. The average Bonchev–Trinajstić information content (AvgIpc) is 3.58. The molecule has 3 aromatic rings. The van der Waals surface area contributed by atoms with Gasteiger partial charge in [0.25, 0.3) is 0 Å². The van der Waals surface area contributed by atoms with Crippen LogP contribution in [0.2, 0.25) is 0 Å². The Kier molecular flexibility index (Phi) is 9.61. The van der Waals surface area contributed by atoms with Crippen LogP contribution in [0.5, 0.6) is 5.75 Å². The van der Waals surface area contributed by atoms with Gasteiger partial charge in [-0.15, -0.1) is 0 Å². The van der Waals surface area contributed by atoms with Crippen LogP contribution in [0.3, 0.4) is 0 Å². The minimum atomic E-state index is -3.92. The number of ether oxygens (including phenoxy) is 1. The number of hydrogen-bond donors (Lipinski definition) is 0. The highest BCUT2D eigenvalue weighted by atomic mass is 32.2. The third-order valence-corrected chi connectivity index (χ3v) is 12.1. The summed E-state index contributed by atoms with van der Waals surface area (Å²) in [4.78, 5) is 29.2. The van der Waals surface area contributed by atoms with E-state index >= 15 is 0 Å². The molecular formula is C36H47N3O5S. The maximum Gasteiger partial charge on any atom is 0.238 e. The average molecular weight is 634 g/mol. The maximum atomic E-state index is 14.2. The van der Waals surface area contributed by atoms with Gasteiger partial charge in [-0.05, 0) is 65.5 Å². The van der Waals surface area contributed by atoms with Crippen molar-refractivity contribution in [2.45, 2.75) is 66.6 Å². The van der Waals surface area contributed by atoms with E-state index in [9.17, 15) is 18.0 Å². The Morgan fingerprint density at radius 2 is 1.76 bits per heavy atom. The fraction of sp³-hybridized carbons (Fsp3) is 0.500. The number of ketones is 1. The molecule has 2 fully saturated rings. The molecule has 242 valence electrons. The largest absolute Gasteiger partial charge is 0.497 e. The Labute approximate surface area is 268 Å². The van der Waals surface area contributed by atoms with E-state index in [-0.39, 0.29) is 47.8 Å². The van der Waals surface area contributed by atoms with Gasteiger partial charge in [-0.25, -0.2) is 8.42 Å². The summed E-state index contributed by atoms with van der Waals surface area (Å²) in [6.07, 6.45) is 3.91. The van der Waals surface area contributed by atoms with Gasteiger partial charge in [0.05, 0.1) is 26.0 Å². The Morgan fingerprint density at radius 3 is 2.40 bits per heavy atom. The zero-order valence-corrected chi connectivity index (χ0v) is 28.1. The summed E-state index contributed by atoms with van der Waals surface area (Å²) in [5, 5.41) is 0. The summed E-state index contributed by atoms with van der Waals surface area (Å²) in [6.45, 7) is 9.22. The molecule has 2 saturated carbocycles. The SMILES string of the molecule is COc1cccc(Cn2cccc2CN(Cc2ccccc2)C(=O)CN(CC(C)C)S(=O)(=O)CC23CCC(CC2=O)C3(C)C)c1. The normalized spacial score (nSPS) is 20.7. The molecule has 8 nitrogen and oxygen atoms in total. The molecule has 2 atom stereocenters. The lowest BCUT2D eigenvalue weighted by atomic mass is 9.70. The quantitative estimate of drug-likeness (QED) is 0.225. The fourth-order valence-electron chi connectivity index (χ4n) is 7.39. The first-order valence-electron chi connectivity index (χ1n) is 15.9. The number of sulfonamides is 1. The molecule has 0 saturated heterocycles. The van der Waals surface area contributed by atoms with Crippen LogP contribution >= 0.6 is 0 Å². The number of carbonyl (C=O) groups is 2. The molecule has 1 heterocycles. The molecule has 0 spiro atoms. The molecule has 1 aromatic heterocycles. The van der Waals surface area contributed by atoms with Gasteiger partial charge < -0.3 is 14.2 Å². The lowest BCUT2D eigenvalue weighted by molar-refractivity contribution is -0.132.